The first-order chi connectivity index (χ1) is 9.50. The number of hydrogen-bond donors (Lipinski definition) is 1. The van der Waals surface area contributed by atoms with Gasteiger partial charge < -0.3 is 5.73 Å². The van der Waals surface area contributed by atoms with Crippen molar-refractivity contribution in [3.05, 3.63) is 58.3 Å². The minimum Gasteiger partial charge on any atom is -0.393 e. The predicted molar refractivity (Wildman–Crippen MR) is 74.5 cm³/mol. The zero-order chi connectivity index (χ0) is 14.7. The lowest BCUT2D eigenvalue weighted by Crippen LogP contribution is -2.27. The summed E-state index contributed by atoms with van der Waals surface area (Å²) in [7, 11) is 1.55. The quantitative estimate of drug-likeness (QED) is 0.521. The minimum atomic E-state index is -0.618. The van der Waals surface area contributed by atoms with E-state index >= 15 is 0 Å². The number of hydrogen-bond acceptors (Lipinski definition) is 5. The molecule has 0 saturated heterocycles. The molecule has 7 heteroatoms. The van der Waals surface area contributed by atoms with Gasteiger partial charge in [0.2, 0.25) is 0 Å². The van der Waals surface area contributed by atoms with E-state index in [0.29, 0.717) is 5.82 Å². The molecule has 0 aliphatic heterocycles. The smallest absolute Gasteiger partial charge is 0.292 e. The molecule has 0 fully saturated rings. The number of pyridine rings is 1. The molecular weight excluding hydrogens is 260 g/mol. The van der Waals surface area contributed by atoms with Gasteiger partial charge in [-0.15, -0.1) is 0 Å². The van der Waals surface area contributed by atoms with E-state index in [4.69, 9.17) is 5.73 Å². The van der Waals surface area contributed by atoms with Crippen LogP contribution in [0.3, 0.4) is 0 Å². The highest BCUT2D eigenvalue weighted by atomic mass is 16.6. The summed E-state index contributed by atoms with van der Waals surface area (Å²) in [4.78, 5) is 27.8. The Balaban J connectivity index is 2.34. The van der Waals surface area contributed by atoms with Gasteiger partial charge in [0.15, 0.2) is 0 Å². The lowest BCUT2D eigenvalue weighted by Gasteiger charge is -2.16. The molecule has 0 spiro atoms. The number of nitro benzene ring substituents is 1. The van der Waals surface area contributed by atoms with E-state index in [0.717, 1.165) is 6.07 Å². The van der Waals surface area contributed by atoms with Crippen molar-refractivity contribution in [3.63, 3.8) is 0 Å². The van der Waals surface area contributed by atoms with Gasteiger partial charge in [-0.3, -0.25) is 19.8 Å². The van der Waals surface area contributed by atoms with Crippen LogP contribution in [0, 0.1) is 10.1 Å². The number of benzene rings is 1. The number of nitrogens with two attached hydrogens (primary N) is 1. The van der Waals surface area contributed by atoms with Crippen molar-refractivity contribution in [1.82, 2.24) is 4.98 Å². The van der Waals surface area contributed by atoms with Gasteiger partial charge in [-0.25, -0.2) is 4.98 Å². The number of nitro groups is 1. The van der Waals surface area contributed by atoms with E-state index in [9.17, 15) is 14.9 Å². The normalized spacial score (nSPS) is 10.1. The van der Waals surface area contributed by atoms with Crippen LogP contribution >= 0.6 is 0 Å². The molecule has 2 rings (SSSR count). The average molecular weight is 272 g/mol. The molecule has 0 bridgehead atoms. The fourth-order valence-corrected chi connectivity index (χ4v) is 1.68. The second kappa shape index (κ2) is 5.35. The van der Waals surface area contributed by atoms with Crippen molar-refractivity contribution in [3.8, 4) is 0 Å². The zero-order valence-electron chi connectivity index (χ0n) is 10.7. The summed E-state index contributed by atoms with van der Waals surface area (Å²) >= 11 is 0. The summed E-state index contributed by atoms with van der Waals surface area (Å²) in [6.45, 7) is 0. The van der Waals surface area contributed by atoms with Crippen LogP contribution < -0.4 is 10.6 Å². The van der Waals surface area contributed by atoms with Crippen LogP contribution in [0.5, 0.6) is 0 Å². The molecular formula is C13H12N4O3. The van der Waals surface area contributed by atoms with Crippen molar-refractivity contribution in [2.24, 2.45) is 0 Å². The second-order valence-corrected chi connectivity index (χ2v) is 4.08. The van der Waals surface area contributed by atoms with Crippen LogP contribution in [-0.4, -0.2) is 22.9 Å². The fourth-order valence-electron chi connectivity index (χ4n) is 1.68. The van der Waals surface area contributed by atoms with Crippen LogP contribution in [0.15, 0.2) is 42.6 Å². The topological polar surface area (TPSA) is 102 Å². The third kappa shape index (κ3) is 2.56. The van der Waals surface area contributed by atoms with Gasteiger partial charge in [-0.2, -0.15) is 0 Å². The Hall–Kier alpha value is -2.96. The summed E-state index contributed by atoms with van der Waals surface area (Å²) in [5.41, 5.74) is 5.41. The van der Waals surface area contributed by atoms with E-state index in [1.807, 2.05) is 0 Å². The molecule has 2 N–H and O–H groups in total. The lowest BCUT2D eigenvalue weighted by atomic mass is 10.1. The number of anilines is 2. The fraction of sp³-hybridized carbons (Fsp3) is 0.0769. The Bertz CT molecular complexity index is 658. The molecule has 1 aromatic heterocycles. The van der Waals surface area contributed by atoms with Crippen molar-refractivity contribution in [2.45, 2.75) is 0 Å². The Kier molecular flexibility index (Phi) is 3.60. The van der Waals surface area contributed by atoms with E-state index < -0.39 is 10.8 Å². The monoisotopic (exact) mass is 272 g/mol. The van der Waals surface area contributed by atoms with Gasteiger partial charge in [0.05, 0.1) is 4.92 Å². The highest BCUT2D eigenvalue weighted by Gasteiger charge is 2.19. The lowest BCUT2D eigenvalue weighted by molar-refractivity contribution is -0.383. The summed E-state index contributed by atoms with van der Waals surface area (Å²) in [5, 5.41) is 10.8. The van der Waals surface area contributed by atoms with Gasteiger partial charge in [-0.05, 0) is 24.3 Å². The van der Waals surface area contributed by atoms with E-state index in [1.54, 1.807) is 31.4 Å². The van der Waals surface area contributed by atoms with Crippen LogP contribution in [0.2, 0.25) is 0 Å². The van der Waals surface area contributed by atoms with Crippen molar-refractivity contribution in [1.29, 1.82) is 0 Å². The van der Waals surface area contributed by atoms with Crippen molar-refractivity contribution in [2.75, 3.05) is 17.7 Å². The standard InChI is InChI=1S/C13H12N4O3/c1-16(12-4-2-3-7-15-12)13(18)9-5-6-10(14)11(8-9)17(19)20/h2-8H,14H2,1H3. The first kappa shape index (κ1) is 13.5. The SMILES string of the molecule is CN(C(=O)c1ccc(N)c([N+](=O)[O-])c1)c1ccccn1. The largest absolute Gasteiger partial charge is 0.393 e. The molecule has 0 aliphatic rings. The second-order valence-electron chi connectivity index (χ2n) is 4.08. The number of carbonyl (C=O) groups excluding carboxylic acids is 1. The van der Waals surface area contributed by atoms with Crippen molar-refractivity contribution < 1.29 is 9.72 Å². The first-order valence-corrected chi connectivity index (χ1v) is 5.73. The minimum absolute atomic E-state index is 0.0204. The molecule has 1 aromatic carbocycles. The van der Waals surface area contributed by atoms with Gasteiger partial charge in [0.25, 0.3) is 11.6 Å². The molecule has 20 heavy (non-hydrogen) atoms. The Morgan fingerprint density at radius 2 is 2.10 bits per heavy atom. The molecule has 1 amide bonds. The molecule has 102 valence electrons. The van der Waals surface area contributed by atoms with Crippen molar-refractivity contribution >= 4 is 23.1 Å². The maximum absolute atomic E-state index is 12.3. The summed E-state index contributed by atoms with van der Waals surface area (Å²) in [6, 6.07) is 9.11. The number of amides is 1. The molecule has 1 heterocycles. The maximum Gasteiger partial charge on any atom is 0.292 e. The molecule has 2 aromatic rings. The molecule has 0 atom stereocenters. The van der Waals surface area contributed by atoms with Gasteiger partial charge in [0.1, 0.15) is 11.5 Å². The molecule has 0 unspecified atom stereocenters. The Morgan fingerprint density at radius 3 is 2.70 bits per heavy atom. The van der Waals surface area contributed by atoms with E-state index in [-0.39, 0.29) is 16.9 Å². The van der Waals surface area contributed by atoms with Crippen LogP contribution in [0.1, 0.15) is 10.4 Å². The van der Waals surface area contributed by atoms with E-state index in [2.05, 4.69) is 4.98 Å². The van der Waals surface area contributed by atoms with Crippen LogP contribution in [-0.2, 0) is 0 Å². The Labute approximate surface area is 114 Å². The predicted octanol–water partition coefficient (Wildman–Crippen LogP) is 1.85. The first-order valence-electron chi connectivity index (χ1n) is 5.73. The third-order valence-electron chi connectivity index (χ3n) is 2.77. The maximum atomic E-state index is 12.3. The summed E-state index contributed by atoms with van der Waals surface area (Å²) in [6.07, 6.45) is 1.56. The summed E-state index contributed by atoms with van der Waals surface area (Å²) in [5.74, 6) is 0.0591. The van der Waals surface area contributed by atoms with Gasteiger partial charge >= 0.3 is 0 Å². The number of aromatic nitrogens is 1. The highest BCUT2D eigenvalue weighted by Crippen LogP contribution is 2.23. The highest BCUT2D eigenvalue weighted by molar-refractivity contribution is 6.05. The number of rotatable bonds is 3. The van der Waals surface area contributed by atoms with E-state index in [1.165, 1.54) is 17.0 Å². The average Bonchev–Trinajstić information content (AvgIpc) is 2.47. The summed E-state index contributed by atoms with van der Waals surface area (Å²) < 4.78 is 0. The van der Waals surface area contributed by atoms with Crippen LogP contribution in [0.4, 0.5) is 17.2 Å². The van der Waals surface area contributed by atoms with Gasteiger partial charge in [0, 0.05) is 24.9 Å². The van der Waals surface area contributed by atoms with Gasteiger partial charge in [-0.1, -0.05) is 6.07 Å². The molecule has 0 aliphatic carbocycles. The Morgan fingerprint density at radius 1 is 1.35 bits per heavy atom. The molecule has 0 radical (unpaired) electrons. The molecule has 7 nitrogen and oxygen atoms in total. The number of carbonyl (C=O) groups is 1. The number of nitrogen functional groups attached to an aromatic ring is 1. The number of nitrogens with zero attached hydrogens (tertiary/aromatic N) is 3. The third-order valence-corrected chi connectivity index (χ3v) is 2.77. The van der Waals surface area contributed by atoms with Crippen LogP contribution in [0.25, 0.3) is 0 Å². The molecule has 0 saturated carbocycles. The zero-order valence-corrected chi connectivity index (χ0v) is 10.7.